The predicted octanol–water partition coefficient (Wildman–Crippen LogP) is 3.00. The second-order valence-corrected chi connectivity index (χ2v) is 6.16. The Bertz CT molecular complexity index is 292. The Hall–Kier alpha value is -0.570. The van der Waals surface area contributed by atoms with Crippen LogP contribution in [0.25, 0.3) is 0 Å². The molecule has 2 rings (SSSR count). The van der Waals surface area contributed by atoms with Crippen LogP contribution in [0.2, 0.25) is 0 Å². The minimum absolute atomic E-state index is 0.122. The predicted molar refractivity (Wildman–Crippen MR) is 72.5 cm³/mol. The molecule has 0 amide bonds. The van der Waals surface area contributed by atoms with E-state index in [-0.39, 0.29) is 5.92 Å². The summed E-state index contributed by atoms with van der Waals surface area (Å²) in [4.78, 5) is 13.9. The highest BCUT2D eigenvalue weighted by Gasteiger charge is 2.39. The minimum Gasteiger partial charge on any atom is -0.481 e. The molecular formula is C15H27NO2. The highest BCUT2D eigenvalue weighted by atomic mass is 16.4. The average Bonchev–Trinajstić information content (AvgIpc) is 2.86. The van der Waals surface area contributed by atoms with Crippen molar-refractivity contribution in [2.45, 2.75) is 58.4 Å². The molecule has 2 fully saturated rings. The molecule has 0 radical (unpaired) electrons. The zero-order valence-corrected chi connectivity index (χ0v) is 11.8. The third-order valence-electron chi connectivity index (χ3n) is 5.18. The van der Waals surface area contributed by atoms with Gasteiger partial charge in [0.15, 0.2) is 0 Å². The molecule has 3 nitrogen and oxygen atoms in total. The third kappa shape index (κ3) is 2.87. The maximum Gasteiger partial charge on any atom is 0.308 e. The zero-order chi connectivity index (χ0) is 13.1. The lowest BCUT2D eigenvalue weighted by atomic mass is 9.76. The second kappa shape index (κ2) is 6.05. The fourth-order valence-corrected chi connectivity index (χ4v) is 3.79. The van der Waals surface area contributed by atoms with Crippen LogP contribution in [0.3, 0.4) is 0 Å². The SMILES string of the molecule is CCC1CCC(C(=O)O)C(N2CCC(CC)C2)C1. The number of nitrogens with zero attached hydrogens (tertiary/aromatic N) is 1. The number of carboxylic acid groups (broad SMARTS) is 1. The Morgan fingerprint density at radius 3 is 2.44 bits per heavy atom. The molecule has 0 spiro atoms. The Morgan fingerprint density at radius 1 is 1.17 bits per heavy atom. The highest BCUT2D eigenvalue weighted by Crippen LogP contribution is 2.36. The Balaban J connectivity index is 2.03. The van der Waals surface area contributed by atoms with Crippen molar-refractivity contribution in [1.29, 1.82) is 0 Å². The van der Waals surface area contributed by atoms with Crippen molar-refractivity contribution in [2.75, 3.05) is 13.1 Å². The van der Waals surface area contributed by atoms with E-state index in [1.54, 1.807) is 0 Å². The van der Waals surface area contributed by atoms with Crippen molar-refractivity contribution in [2.24, 2.45) is 17.8 Å². The lowest BCUT2D eigenvalue weighted by molar-refractivity contribution is -0.146. The van der Waals surface area contributed by atoms with E-state index in [0.29, 0.717) is 6.04 Å². The molecule has 104 valence electrons. The standard InChI is InChI=1S/C15H27NO2/c1-3-11-5-6-13(15(17)18)14(9-11)16-8-7-12(4-2)10-16/h11-14H,3-10H2,1-2H3,(H,17,18). The first-order valence-electron chi connectivity index (χ1n) is 7.62. The van der Waals surface area contributed by atoms with Crippen molar-refractivity contribution in [3.8, 4) is 0 Å². The van der Waals surface area contributed by atoms with Gasteiger partial charge < -0.3 is 5.11 Å². The number of hydrogen-bond donors (Lipinski definition) is 1. The molecule has 3 heteroatoms. The van der Waals surface area contributed by atoms with E-state index in [0.717, 1.165) is 44.2 Å². The summed E-state index contributed by atoms with van der Waals surface area (Å²) in [7, 11) is 0. The van der Waals surface area contributed by atoms with Crippen LogP contribution in [-0.4, -0.2) is 35.1 Å². The Kier molecular flexibility index (Phi) is 4.66. The van der Waals surface area contributed by atoms with Crippen molar-refractivity contribution in [3.05, 3.63) is 0 Å². The maximum atomic E-state index is 11.4. The van der Waals surface area contributed by atoms with Crippen LogP contribution in [0.15, 0.2) is 0 Å². The van der Waals surface area contributed by atoms with Crippen molar-refractivity contribution in [1.82, 2.24) is 4.90 Å². The molecular weight excluding hydrogens is 226 g/mol. The smallest absolute Gasteiger partial charge is 0.308 e. The van der Waals surface area contributed by atoms with Crippen LogP contribution in [0.1, 0.15) is 52.4 Å². The van der Waals surface area contributed by atoms with E-state index >= 15 is 0 Å². The normalized spacial score (nSPS) is 37.9. The maximum absolute atomic E-state index is 11.4. The van der Waals surface area contributed by atoms with Crippen LogP contribution in [-0.2, 0) is 4.79 Å². The topological polar surface area (TPSA) is 40.5 Å². The molecule has 1 saturated carbocycles. The molecule has 0 aromatic carbocycles. The number of aliphatic carboxylic acids is 1. The molecule has 1 saturated heterocycles. The number of rotatable bonds is 4. The van der Waals surface area contributed by atoms with Gasteiger partial charge in [0.05, 0.1) is 5.92 Å². The van der Waals surface area contributed by atoms with Gasteiger partial charge in [-0.1, -0.05) is 26.7 Å². The van der Waals surface area contributed by atoms with Crippen LogP contribution >= 0.6 is 0 Å². The summed E-state index contributed by atoms with van der Waals surface area (Å²) < 4.78 is 0. The Labute approximate surface area is 111 Å². The third-order valence-corrected chi connectivity index (χ3v) is 5.18. The summed E-state index contributed by atoms with van der Waals surface area (Å²) in [6.07, 6.45) is 6.78. The minimum atomic E-state index is -0.575. The fraction of sp³-hybridized carbons (Fsp3) is 0.933. The summed E-state index contributed by atoms with van der Waals surface area (Å²) in [5.74, 6) is 0.839. The van der Waals surface area contributed by atoms with Gasteiger partial charge >= 0.3 is 5.97 Å². The summed E-state index contributed by atoms with van der Waals surface area (Å²) in [5.41, 5.74) is 0. The molecule has 0 aromatic heterocycles. The molecule has 4 unspecified atom stereocenters. The van der Waals surface area contributed by atoms with E-state index in [1.807, 2.05) is 0 Å². The average molecular weight is 253 g/mol. The van der Waals surface area contributed by atoms with E-state index in [4.69, 9.17) is 0 Å². The molecule has 1 N–H and O–H groups in total. The van der Waals surface area contributed by atoms with Crippen molar-refractivity contribution in [3.63, 3.8) is 0 Å². The first-order valence-corrected chi connectivity index (χ1v) is 7.62. The van der Waals surface area contributed by atoms with Crippen molar-refractivity contribution < 1.29 is 9.90 Å². The van der Waals surface area contributed by atoms with Gasteiger partial charge in [0.25, 0.3) is 0 Å². The fourth-order valence-electron chi connectivity index (χ4n) is 3.79. The van der Waals surface area contributed by atoms with Gasteiger partial charge in [-0.2, -0.15) is 0 Å². The van der Waals surface area contributed by atoms with Crippen LogP contribution in [0.5, 0.6) is 0 Å². The van der Waals surface area contributed by atoms with E-state index in [1.165, 1.54) is 19.3 Å². The molecule has 0 bridgehead atoms. The van der Waals surface area contributed by atoms with E-state index < -0.39 is 5.97 Å². The van der Waals surface area contributed by atoms with E-state index in [2.05, 4.69) is 18.7 Å². The molecule has 4 atom stereocenters. The highest BCUT2D eigenvalue weighted by molar-refractivity contribution is 5.71. The number of carboxylic acids is 1. The van der Waals surface area contributed by atoms with Crippen LogP contribution in [0, 0.1) is 17.8 Å². The second-order valence-electron chi connectivity index (χ2n) is 6.16. The molecule has 1 aliphatic heterocycles. The quantitative estimate of drug-likeness (QED) is 0.837. The van der Waals surface area contributed by atoms with Gasteiger partial charge in [-0.3, -0.25) is 9.69 Å². The summed E-state index contributed by atoms with van der Waals surface area (Å²) in [6, 6.07) is 0.303. The lowest BCUT2D eigenvalue weighted by Crippen LogP contribution is -2.46. The van der Waals surface area contributed by atoms with Crippen LogP contribution in [0.4, 0.5) is 0 Å². The number of likely N-dealkylation sites (tertiary alicyclic amines) is 1. The summed E-state index contributed by atoms with van der Waals surface area (Å²) in [5, 5.41) is 9.42. The molecule has 1 aliphatic carbocycles. The van der Waals surface area contributed by atoms with Gasteiger partial charge in [-0.25, -0.2) is 0 Å². The van der Waals surface area contributed by atoms with E-state index in [9.17, 15) is 9.90 Å². The van der Waals surface area contributed by atoms with Crippen LogP contribution < -0.4 is 0 Å². The van der Waals surface area contributed by atoms with Gasteiger partial charge in [0.1, 0.15) is 0 Å². The largest absolute Gasteiger partial charge is 0.481 e. The summed E-state index contributed by atoms with van der Waals surface area (Å²) >= 11 is 0. The molecule has 0 aromatic rings. The lowest BCUT2D eigenvalue weighted by Gasteiger charge is -2.39. The number of hydrogen-bond acceptors (Lipinski definition) is 2. The first-order chi connectivity index (χ1) is 8.65. The first kappa shape index (κ1) is 13.9. The summed E-state index contributed by atoms with van der Waals surface area (Å²) in [6.45, 7) is 6.73. The molecule has 18 heavy (non-hydrogen) atoms. The van der Waals surface area contributed by atoms with Crippen molar-refractivity contribution >= 4 is 5.97 Å². The zero-order valence-electron chi connectivity index (χ0n) is 11.8. The molecule has 2 aliphatic rings. The monoisotopic (exact) mass is 253 g/mol. The van der Waals surface area contributed by atoms with Gasteiger partial charge in [0, 0.05) is 12.6 Å². The van der Waals surface area contributed by atoms with Gasteiger partial charge in [0.2, 0.25) is 0 Å². The van der Waals surface area contributed by atoms with Gasteiger partial charge in [-0.15, -0.1) is 0 Å². The Morgan fingerprint density at radius 2 is 1.89 bits per heavy atom. The van der Waals surface area contributed by atoms with Gasteiger partial charge in [-0.05, 0) is 44.1 Å². The number of carbonyl (C=O) groups is 1. The molecule has 1 heterocycles.